The van der Waals surface area contributed by atoms with E-state index in [1.165, 1.54) is 25.7 Å². The molecule has 1 N–H and O–H groups in total. The number of rotatable bonds is 13. The molecule has 3 aliphatic carbocycles. The Balaban J connectivity index is 1.13. The lowest BCUT2D eigenvalue weighted by atomic mass is 9.69. The summed E-state index contributed by atoms with van der Waals surface area (Å²) in [5.41, 5.74) is 0.711. The van der Waals surface area contributed by atoms with Crippen LogP contribution in [0.1, 0.15) is 109 Å². The molecule has 0 radical (unpaired) electrons. The average molecular weight is 688 g/mol. The van der Waals surface area contributed by atoms with Crippen molar-refractivity contribution in [3.8, 4) is 11.5 Å². The average Bonchev–Trinajstić information content (AvgIpc) is 3.14. The number of nitrogens with one attached hydrogen (secondary N) is 1. The number of benzene rings is 2. The largest absolute Gasteiger partial charge is 0.465 e. The molecule has 0 heterocycles. The van der Waals surface area contributed by atoms with E-state index in [0.717, 1.165) is 43.7 Å². The van der Waals surface area contributed by atoms with Crippen molar-refractivity contribution in [2.75, 3.05) is 13.2 Å². The lowest BCUT2D eigenvalue weighted by Crippen LogP contribution is -2.30. The van der Waals surface area contributed by atoms with Crippen molar-refractivity contribution in [3.63, 3.8) is 0 Å². The van der Waals surface area contributed by atoms with Gasteiger partial charge in [-0.1, -0.05) is 50.6 Å². The van der Waals surface area contributed by atoms with Crippen LogP contribution in [0.15, 0.2) is 42.5 Å². The smallest absolute Gasteiger partial charge is 0.333 e. The zero-order valence-electron chi connectivity index (χ0n) is 29.7. The van der Waals surface area contributed by atoms with Gasteiger partial charge in [-0.15, -0.1) is 0 Å². The van der Waals surface area contributed by atoms with Gasteiger partial charge >= 0.3 is 23.9 Å². The molecule has 2 aromatic rings. The molecule has 3 saturated carbocycles. The molecule has 0 unspecified atom stereocenters. The van der Waals surface area contributed by atoms with Crippen LogP contribution < -0.4 is 9.47 Å². The van der Waals surface area contributed by atoms with E-state index < -0.39 is 11.9 Å². The number of fused-ring (bicyclic) bond motifs is 1. The predicted octanol–water partition coefficient (Wildman–Crippen LogP) is 8.53. The number of carbonyl (C=O) groups is 4. The third-order valence-corrected chi connectivity index (χ3v) is 11.1. The van der Waals surface area contributed by atoms with Crippen molar-refractivity contribution in [1.82, 2.24) is 0 Å². The van der Waals surface area contributed by atoms with Crippen molar-refractivity contribution < 1.29 is 38.1 Å². The van der Waals surface area contributed by atoms with Gasteiger partial charge in [0, 0.05) is 28.1 Å². The molecule has 0 amide bonds. The van der Waals surface area contributed by atoms with Crippen LogP contribution in [-0.2, 0) is 28.7 Å². The Hall–Kier alpha value is -4.01. The van der Waals surface area contributed by atoms with Crippen LogP contribution in [0.25, 0.3) is 10.8 Å². The Morgan fingerprint density at radius 3 is 1.80 bits per heavy atom. The first-order valence-corrected chi connectivity index (χ1v) is 18.6. The molecule has 0 spiro atoms. The predicted molar refractivity (Wildman–Crippen MR) is 191 cm³/mol. The highest BCUT2D eigenvalue weighted by atomic mass is 16.5. The number of carbonyl (C=O) groups excluding carboxylic acids is 4. The molecule has 50 heavy (non-hydrogen) atoms. The minimum absolute atomic E-state index is 0.140. The Morgan fingerprint density at radius 1 is 0.720 bits per heavy atom. The van der Waals surface area contributed by atoms with E-state index in [1.54, 1.807) is 13.0 Å². The second kappa shape index (κ2) is 17.8. The summed E-state index contributed by atoms with van der Waals surface area (Å²) >= 11 is 0. The standard InChI is InChI=1S/C41H53NO8/c1-26(2)38(43)47-22-6-7-23-48-39(44)30-18-20-32(21-19-30)41(46)50-37-33(25-42)24-36(34-8-4-5-9-35(34)37)49-40(45)31-16-14-29(15-17-31)28-12-10-27(3)11-13-28/h4-5,8-9,24-25,27-32,42H,1,6-7,10-23H2,2-3H3. The number of ether oxygens (including phenoxy) is 4. The van der Waals surface area contributed by atoms with Crippen LogP contribution >= 0.6 is 0 Å². The highest BCUT2D eigenvalue weighted by Crippen LogP contribution is 2.43. The highest BCUT2D eigenvalue weighted by Gasteiger charge is 2.35. The SMILES string of the molecule is C=C(C)C(=O)OCCCCOC(=O)C1CCC(C(=O)Oc2c(C=N)cc(OC(=O)C3CCC(C4CCC(C)CC4)CC3)c3ccccc23)CC1. The van der Waals surface area contributed by atoms with Crippen LogP contribution in [0.2, 0.25) is 0 Å². The van der Waals surface area contributed by atoms with Crippen LogP contribution in [0.4, 0.5) is 0 Å². The van der Waals surface area contributed by atoms with E-state index in [9.17, 15) is 19.2 Å². The summed E-state index contributed by atoms with van der Waals surface area (Å²) in [5.74, 6) is 0.847. The maximum Gasteiger partial charge on any atom is 0.333 e. The molecule has 270 valence electrons. The molecular weight excluding hydrogens is 634 g/mol. The van der Waals surface area contributed by atoms with Crippen molar-refractivity contribution in [2.24, 2.45) is 35.5 Å². The first-order valence-electron chi connectivity index (χ1n) is 18.6. The van der Waals surface area contributed by atoms with Gasteiger partial charge in [0.05, 0.1) is 31.0 Å². The molecule has 5 rings (SSSR count). The van der Waals surface area contributed by atoms with E-state index >= 15 is 0 Å². The van der Waals surface area contributed by atoms with Crippen molar-refractivity contribution in [1.29, 1.82) is 5.41 Å². The van der Waals surface area contributed by atoms with Gasteiger partial charge in [0.15, 0.2) is 0 Å². The number of hydrogen-bond donors (Lipinski definition) is 1. The van der Waals surface area contributed by atoms with Gasteiger partial charge in [-0.2, -0.15) is 0 Å². The van der Waals surface area contributed by atoms with E-state index in [4.69, 9.17) is 24.4 Å². The van der Waals surface area contributed by atoms with E-state index in [-0.39, 0.29) is 48.7 Å². The monoisotopic (exact) mass is 687 g/mol. The second-order valence-electron chi connectivity index (χ2n) is 14.8. The number of hydrogen-bond acceptors (Lipinski definition) is 9. The fourth-order valence-electron chi connectivity index (χ4n) is 7.95. The van der Waals surface area contributed by atoms with Gasteiger partial charge in [-0.3, -0.25) is 14.4 Å². The summed E-state index contributed by atoms with van der Waals surface area (Å²) in [6, 6.07) is 8.97. The van der Waals surface area contributed by atoms with Crippen molar-refractivity contribution in [3.05, 3.63) is 48.0 Å². The summed E-state index contributed by atoms with van der Waals surface area (Å²) in [6.45, 7) is 7.98. The first kappa shape index (κ1) is 37.3. The summed E-state index contributed by atoms with van der Waals surface area (Å²) in [5, 5.41) is 9.38. The minimum Gasteiger partial charge on any atom is -0.465 e. The third kappa shape index (κ3) is 9.61. The van der Waals surface area contributed by atoms with Crippen LogP contribution in [0.5, 0.6) is 11.5 Å². The second-order valence-corrected chi connectivity index (χ2v) is 14.8. The zero-order chi connectivity index (χ0) is 35.6. The zero-order valence-corrected chi connectivity index (χ0v) is 29.7. The molecule has 0 aliphatic heterocycles. The van der Waals surface area contributed by atoms with Crippen molar-refractivity contribution >= 4 is 40.9 Å². The molecule has 9 heteroatoms. The molecule has 2 aromatic carbocycles. The molecule has 0 saturated heterocycles. The van der Waals surface area contributed by atoms with Crippen LogP contribution in [0, 0.1) is 40.9 Å². The van der Waals surface area contributed by atoms with Crippen LogP contribution in [-0.4, -0.2) is 43.3 Å². The quantitative estimate of drug-likeness (QED) is 0.0730. The Kier molecular flexibility index (Phi) is 13.2. The number of esters is 4. The third-order valence-electron chi connectivity index (χ3n) is 11.1. The van der Waals surface area contributed by atoms with Gasteiger partial charge in [-0.05, 0) is 108 Å². The summed E-state index contributed by atoms with van der Waals surface area (Å²) in [4.78, 5) is 50.9. The Labute approximate surface area is 296 Å². The molecule has 9 nitrogen and oxygen atoms in total. The molecule has 3 aliphatic rings. The highest BCUT2D eigenvalue weighted by molar-refractivity contribution is 6.02. The molecular formula is C41H53NO8. The first-order chi connectivity index (χ1) is 24.1. The minimum atomic E-state index is -0.427. The Bertz CT molecular complexity index is 1540. The van der Waals surface area contributed by atoms with Gasteiger partial charge in [0.2, 0.25) is 0 Å². The van der Waals surface area contributed by atoms with E-state index in [0.29, 0.717) is 72.1 Å². The van der Waals surface area contributed by atoms with Gasteiger partial charge < -0.3 is 24.4 Å². The van der Waals surface area contributed by atoms with Crippen molar-refractivity contribution in [2.45, 2.75) is 104 Å². The van der Waals surface area contributed by atoms with Gasteiger partial charge in [0.25, 0.3) is 0 Å². The van der Waals surface area contributed by atoms with E-state index in [1.807, 2.05) is 24.3 Å². The molecule has 0 atom stereocenters. The normalized spacial score (nSPS) is 25.2. The Morgan fingerprint density at radius 2 is 1.22 bits per heavy atom. The van der Waals surface area contributed by atoms with E-state index in [2.05, 4.69) is 13.5 Å². The lowest BCUT2D eigenvalue weighted by molar-refractivity contribution is -0.152. The van der Waals surface area contributed by atoms with Gasteiger partial charge in [0.1, 0.15) is 11.5 Å². The fraction of sp³-hybridized carbons (Fsp3) is 0.585. The summed E-state index contributed by atoms with van der Waals surface area (Å²) in [7, 11) is 0. The molecule has 0 bridgehead atoms. The number of unbranched alkanes of at least 4 members (excludes halogenated alkanes) is 1. The molecule has 0 aromatic heterocycles. The molecule has 3 fully saturated rings. The lowest BCUT2D eigenvalue weighted by Gasteiger charge is -2.36. The van der Waals surface area contributed by atoms with Crippen LogP contribution in [0.3, 0.4) is 0 Å². The maximum absolute atomic E-state index is 13.4. The summed E-state index contributed by atoms with van der Waals surface area (Å²) < 4.78 is 22.5. The van der Waals surface area contributed by atoms with Gasteiger partial charge in [-0.25, -0.2) is 4.79 Å². The fourth-order valence-corrected chi connectivity index (χ4v) is 7.95. The topological polar surface area (TPSA) is 129 Å². The summed E-state index contributed by atoms with van der Waals surface area (Å²) in [6.07, 6.45) is 13.4. The maximum atomic E-state index is 13.4.